The van der Waals surface area contributed by atoms with E-state index in [4.69, 9.17) is 0 Å². The fraction of sp³-hybridized carbons (Fsp3) is 0.111. The molecule has 0 atom stereocenters. The van der Waals surface area contributed by atoms with Gasteiger partial charge >= 0.3 is 5.97 Å². The van der Waals surface area contributed by atoms with Gasteiger partial charge < -0.3 is 10.1 Å². The number of nitrogens with one attached hydrogen (secondary N) is 1. The molecule has 0 bridgehead atoms. The van der Waals surface area contributed by atoms with Crippen LogP contribution in [0.5, 0.6) is 0 Å². The van der Waals surface area contributed by atoms with Gasteiger partial charge in [-0.25, -0.2) is 4.79 Å². The van der Waals surface area contributed by atoms with Crippen molar-refractivity contribution in [2.75, 3.05) is 13.7 Å². The zero-order chi connectivity index (χ0) is 15.8. The quantitative estimate of drug-likeness (QED) is 0.697. The molecule has 0 heterocycles. The van der Waals surface area contributed by atoms with Crippen LogP contribution >= 0.6 is 0 Å². The van der Waals surface area contributed by atoms with Gasteiger partial charge in [0.05, 0.1) is 19.2 Å². The summed E-state index contributed by atoms with van der Waals surface area (Å²) in [5, 5.41) is 2.70. The van der Waals surface area contributed by atoms with Crippen molar-refractivity contribution < 1.29 is 14.3 Å². The smallest absolute Gasteiger partial charge is 0.337 e. The monoisotopic (exact) mass is 293 g/mol. The van der Waals surface area contributed by atoms with Crippen molar-refractivity contribution >= 4 is 11.9 Å². The average molecular weight is 293 g/mol. The molecule has 2 rings (SSSR count). The summed E-state index contributed by atoms with van der Waals surface area (Å²) in [6.07, 6.45) is 0. The van der Waals surface area contributed by atoms with Gasteiger partial charge in [0.25, 0.3) is 5.91 Å². The van der Waals surface area contributed by atoms with Crippen molar-refractivity contribution in [2.45, 2.75) is 0 Å². The predicted molar refractivity (Wildman–Crippen MR) is 83.4 cm³/mol. The van der Waals surface area contributed by atoms with E-state index in [0.29, 0.717) is 11.1 Å². The number of amides is 1. The standard InChI is InChI=1S/C18H15NO3/c1-22-18(21)16-11-9-15(10-12-16)17(20)19-13-5-8-14-6-3-2-4-7-14/h2-4,6-7,9-12H,13H2,1H3,(H,19,20). The minimum Gasteiger partial charge on any atom is -0.465 e. The third kappa shape index (κ3) is 4.22. The predicted octanol–water partition coefficient (Wildman–Crippen LogP) is 2.25. The van der Waals surface area contributed by atoms with Crippen LogP contribution in [0.3, 0.4) is 0 Å². The van der Waals surface area contributed by atoms with Crippen molar-refractivity contribution in [3.63, 3.8) is 0 Å². The van der Waals surface area contributed by atoms with Gasteiger partial charge in [0, 0.05) is 11.1 Å². The van der Waals surface area contributed by atoms with Gasteiger partial charge in [-0.15, -0.1) is 0 Å². The normalized spacial score (nSPS) is 9.32. The second kappa shape index (κ2) is 7.65. The highest BCUT2D eigenvalue weighted by molar-refractivity contribution is 5.96. The van der Waals surface area contributed by atoms with Crippen LogP contribution in [0, 0.1) is 11.8 Å². The Labute approximate surface area is 129 Å². The Hall–Kier alpha value is -3.06. The topological polar surface area (TPSA) is 55.4 Å². The van der Waals surface area contributed by atoms with E-state index in [1.807, 2.05) is 30.3 Å². The number of hydrogen-bond donors (Lipinski definition) is 1. The first kappa shape index (κ1) is 15.3. The summed E-state index contributed by atoms with van der Waals surface area (Å²) in [7, 11) is 1.31. The summed E-state index contributed by atoms with van der Waals surface area (Å²) in [6, 6.07) is 15.8. The van der Waals surface area contributed by atoms with Gasteiger partial charge in [-0.1, -0.05) is 30.0 Å². The molecule has 22 heavy (non-hydrogen) atoms. The van der Waals surface area contributed by atoms with Gasteiger partial charge in [-0.2, -0.15) is 0 Å². The van der Waals surface area contributed by atoms with Crippen LogP contribution in [0.4, 0.5) is 0 Å². The Morgan fingerprint density at radius 3 is 2.27 bits per heavy atom. The summed E-state index contributed by atoms with van der Waals surface area (Å²) in [4.78, 5) is 23.2. The molecule has 4 heteroatoms. The van der Waals surface area contributed by atoms with Crippen molar-refractivity contribution in [3.8, 4) is 11.8 Å². The summed E-state index contributed by atoms with van der Waals surface area (Å²) >= 11 is 0. The summed E-state index contributed by atoms with van der Waals surface area (Å²) < 4.78 is 4.60. The fourth-order valence-corrected chi connectivity index (χ4v) is 1.77. The van der Waals surface area contributed by atoms with E-state index in [9.17, 15) is 9.59 Å². The molecule has 0 aliphatic rings. The molecule has 0 unspecified atom stereocenters. The van der Waals surface area contributed by atoms with Crippen LogP contribution in [0.2, 0.25) is 0 Å². The van der Waals surface area contributed by atoms with E-state index < -0.39 is 5.97 Å². The Morgan fingerprint density at radius 1 is 1.00 bits per heavy atom. The second-order valence-electron chi connectivity index (χ2n) is 4.42. The molecule has 0 aliphatic heterocycles. The van der Waals surface area contributed by atoms with Gasteiger partial charge in [0.15, 0.2) is 0 Å². The molecule has 0 aromatic heterocycles. The zero-order valence-electron chi connectivity index (χ0n) is 12.1. The highest BCUT2D eigenvalue weighted by Gasteiger charge is 2.07. The number of hydrogen-bond acceptors (Lipinski definition) is 3. The van der Waals surface area contributed by atoms with E-state index in [1.54, 1.807) is 24.3 Å². The first-order chi connectivity index (χ1) is 10.7. The molecule has 0 fully saturated rings. The number of methoxy groups -OCH3 is 1. The Morgan fingerprint density at radius 2 is 1.64 bits per heavy atom. The lowest BCUT2D eigenvalue weighted by Gasteiger charge is -2.03. The third-order valence-electron chi connectivity index (χ3n) is 2.91. The molecule has 2 aromatic carbocycles. The van der Waals surface area contributed by atoms with Crippen molar-refractivity contribution in [1.82, 2.24) is 5.32 Å². The Balaban J connectivity index is 1.90. The maximum atomic E-state index is 11.9. The number of ether oxygens (including phenoxy) is 1. The van der Waals surface area contributed by atoms with Gasteiger partial charge in [-0.3, -0.25) is 4.79 Å². The number of carbonyl (C=O) groups excluding carboxylic acids is 2. The van der Waals surface area contributed by atoms with Crippen LogP contribution in [-0.4, -0.2) is 25.5 Å². The highest BCUT2D eigenvalue weighted by Crippen LogP contribution is 2.05. The number of benzene rings is 2. The summed E-state index contributed by atoms with van der Waals surface area (Å²) in [5.74, 6) is 5.18. The number of rotatable bonds is 3. The van der Waals surface area contributed by atoms with Crippen molar-refractivity contribution in [3.05, 3.63) is 71.3 Å². The lowest BCUT2D eigenvalue weighted by Crippen LogP contribution is -2.23. The van der Waals surface area contributed by atoms with Crippen LogP contribution in [0.15, 0.2) is 54.6 Å². The van der Waals surface area contributed by atoms with Gasteiger partial charge in [0.1, 0.15) is 0 Å². The zero-order valence-corrected chi connectivity index (χ0v) is 12.1. The first-order valence-corrected chi connectivity index (χ1v) is 6.71. The molecule has 0 saturated heterocycles. The van der Waals surface area contributed by atoms with E-state index in [2.05, 4.69) is 21.9 Å². The fourth-order valence-electron chi connectivity index (χ4n) is 1.77. The minimum absolute atomic E-state index is 0.237. The molecule has 0 aliphatic carbocycles. The maximum Gasteiger partial charge on any atom is 0.337 e. The van der Waals surface area contributed by atoms with E-state index in [0.717, 1.165) is 5.56 Å². The second-order valence-corrected chi connectivity index (χ2v) is 4.42. The van der Waals surface area contributed by atoms with Crippen molar-refractivity contribution in [2.24, 2.45) is 0 Å². The largest absolute Gasteiger partial charge is 0.465 e. The molecule has 0 radical (unpaired) electrons. The van der Waals surface area contributed by atoms with Crippen LogP contribution < -0.4 is 5.32 Å². The third-order valence-corrected chi connectivity index (χ3v) is 2.91. The molecule has 1 N–H and O–H groups in total. The van der Waals surface area contributed by atoms with Crippen LogP contribution in [0.1, 0.15) is 26.3 Å². The number of esters is 1. The molecule has 1 amide bonds. The highest BCUT2D eigenvalue weighted by atomic mass is 16.5. The Bertz CT molecular complexity index is 709. The van der Waals surface area contributed by atoms with E-state index in [-0.39, 0.29) is 12.5 Å². The molecule has 4 nitrogen and oxygen atoms in total. The molecule has 0 spiro atoms. The minimum atomic E-state index is -0.430. The summed E-state index contributed by atoms with van der Waals surface area (Å²) in [6.45, 7) is 0.256. The van der Waals surface area contributed by atoms with Crippen LogP contribution in [0.25, 0.3) is 0 Å². The SMILES string of the molecule is COC(=O)c1ccc(C(=O)NCC#Cc2ccccc2)cc1. The first-order valence-electron chi connectivity index (χ1n) is 6.71. The average Bonchev–Trinajstić information content (AvgIpc) is 2.59. The molecule has 110 valence electrons. The molecular weight excluding hydrogens is 278 g/mol. The lowest BCUT2D eigenvalue weighted by molar-refractivity contribution is 0.0600. The van der Waals surface area contributed by atoms with Gasteiger partial charge in [0.2, 0.25) is 0 Å². The lowest BCUT2D eigenvalue weighted by atomic mass is 10.1. The molecular formula is C18H15NO3. The van der Waals surface area contributed by atoms with E-state index in [1.165, 1.54) is 7.11 Å². The molecule has 2 aromatic rings. The maximum absolute atomic E-state index is 11.9. The number of carbonyl (C=O) groups is 2. The van der Waals surface area contributed by atoms with Crippen LogP contribution in [-0.2, 0) is 4.74 Å². The van der Waals surface area contributed by atoms with Gasteiger partial charge in [-0.05, 0) is 36.4 Å². The Kier molecular flexibility index (Phi) is 5.33. The van der Waals surface area contributed by atoms with E-state index >= 15 is 0 Å². The summed E-state index contributed by atoms with van der Waals surface area (Å²) in [5.41, 5.74) is 1.77. The molecule has 0 saturated carbocycles. The van der Waals surface area contributed by atoms with Crippen molar-refractivity contribution in [1.29, 1.82) is 0 Å².